The van der Waals surface area contributed by atoms with Gasteiger partial charge in [0.1, 0.15) is 11.5 Å². The van der Waals surface area contributed by atoms with Gasteiger partial charge in [0, 0.05) is 23.9 Å². The predicted octanol–water partition coefficient (Wildman–Crippen LogP) is 3.74. The number of likely N-dealkylation sites (tertiary alicyclic amines) is 1. The van der Waals surface area contributed by atoms with Crippen LogP contribution in [-0.2, 0) is 9.59 Å². The van der Waals surface area contributed by atoms with Gasteiger partial charge < -0.3 is 29.2 Å². The number of anilines is 1. The van der Waals surface area contributed by atoms with E-state index in [9.17, 15) is 9.59 Å². The monoisotopic (exact) mass is 499 g/mol. The zero-order valence-electron chi connectivity index (χ0n) is 21.8. The van der Waals surface area contributed by atoms with Crippen LogP contribution in [0.25, 0.3) is 0 Å². The molecule has 0 aromatic heterocycles. The molecule has 2 amide bonds. The molecular weight excluding hydrogens is 462 g/mol. The fourth-order valence-corrected chi connectivity index (χ4v) is 4.44. The Morgan fingerprint density at radius 1 is 0.972 bits per heavy atom. The number of ether oxygens (including phenoxy) is 4. The van der Waals surface area contributed by atoms with Gasteiger partial charge in [-0.15, -0.1) is 0 Å². The number of carbonyl (C=O) groups excluding carboxylic acids is 2. The Kier molecular flexibility index (Phi) is 9.81. The molecule has 1 fully saturated rings. The van der Waals surface area contributed by atoms with Crippen LogP contribution in [0.5, 0.6) is 23.0 Å². The third-order valence-electron chi connectivity index (χ3n) is 6.01. The van der Waals surface area contributed by atoms with Crippen LogP contribution in [0.1, 0.15) is 38.3 Å². The second kappa shape index (κ2) is 13.0. The Balaban J connectivity index is 1.61. The van der Waals surface area contributed by atoms with E-state index in [1.54, 1.807) is 44.4 Å². The van der Waals surface area contributed by atoms with Crippen LogP contribution in [0, 0.1) is 0 Å². The molecule has 1 heterocycles. The fourth-order valence-electron chi connectivity index (χ4n) is 4.44. The van der Waals surface area contributed by atoms with Crippen LogP contribution in [0.3, 0.4) is 0 Å². The van der Waals surface area contributed by atoms with Crippen LogP contribution in [0.2, 0.25) is 0 Å². The molecule has 0 saturated carbocycles. The van der Waals surface area contributed by atoms with Crippen LogP contribution in [-0.4, -0.2) is 75.7 Å². The summed E-state index contributed by atoms with van der Waals surface area (Å²) in [7, 11) is 5.01. The lowest BCUT2D eigenvalue weighted by Gasteiger charge is -2.28. The van der Waals surface area contributed by atoms with Crippen LogP contribution >= 0.6 is 0 Å². The lowest BCUT2D eigenvalue weighted by molar-refractivity contribution is -0.133. The maximum Gasteiger partial charge on any atom is 0.238 e. The van der Waals surface area contributed by atoms with Gasteiger partial charge in [0.05, 0.1) is 46.6 Å². The Morgan fingerprint density at radius 2 is 1.69 bits per heavy atom. The third kappa shape index (κ3) is 6.81. The van der Waals surface area contributed by atoms with E-state index < -0.39 is 0 Å². The third-order valence-corrected chi connectivity index (χ3v) is 6.01. The van der Waals surface area contributed by atoms with Gasteiger partial charge in [-0.25, -0.2) is 0 Å². The number of likely N-dealkylation sites (N-methyl/N-ethyl adjacent to an activating group) is 1. The summed E-state index contributed by atoms with van der Waals surface area (Å²) < 4.78 is 22.1. The summed E-state index contributed by atoms with van der Waals surface area (Å²) in [6.07, 6.45) is 1.75. The first-order valence-electron chi connectivity index (χ1n) is 12.3. The van der Waals surface area contributed by atoms with Gasteiger partial charge in [0.15, 0.2) is 11.5 Å². The zero-order valence-corrected chi connectivity index (χ0v) is 21.8. The lowest BCUT2D eigenvalue weighted by Crippen LogP contribution is -2.41. The van der Waals surface area contributed by atoms with Crippen molar-refractivity contribution in [2.75, 3.05) is 59.4 Å². The summed E-state index contributed by atoms with van der Waals surface area (Å²) in [6.45, 7) is 5.67. The van der Waals surface area contributed by atoms with Gasteiger partial charge >= 0.3 is 0 Å². The molecule has 2 aromatic carbocycles. The maximum absolute atomic E-state index is 13.2. The average molecular weight is 500 g/mol. The van der Waals surface area contributed by atoms with Crippen molar-refractivity contribution >= 4 is 17.5 Å². The highest BCUT2D eigenvalue weighted by Gasteiger charge is 2.32. The number of nitrogens with zero attached hydrogens (tertiary/aromatic N) is 2. The number of amides is 2. The minimum Gasteiger partial charge on any atom is -0.497 e. The van der Waals surface area contributed by atoms with Crippen molar-refractivity contribution in [1.29, 1.82) is 0 Å². The normalized spacial score (nSPS) is 15.1. The molecule has 0 aliphatic carbocycles. The first kappa shape index (κ1) is 27.1. The van der Waals surface area contributed by atoms with Crippen molar-refractivity contribution < 1.29 is 28.5 Å². The Labute approximate surface area is 213 Å². The van der Waals surface area contributed by atoms with Crippen LogP contribution in [0.4, 0.5) is 5.69 Å². The quantitative estimate of drug-likeness (QED) is 0.476. The molecule has 2 aromatic rings. The van der Waals surface area contributed by atoms with Gasteiger partial charge in [-0.1, -0.05) is 0 Å². The lowest BCUT2D eigenvalue weighted by atomic mass is 10.0. The summed E-state index contributed by atoms with van der Waals surface area (Å²) in [5.74, 6) is 2.42. The van der Waals surface area contributed by atoms with Gasteiger partial charge in [0.2, 0.25) is 11.8 Å². The molecule has 1 aliphatic heterocycles. The molecule has 3 rings (SSSR count). The van der Waals surface area contributed by atoms with Crippen molar-refractivity contribution in [2.24, 2.45) is 0 Å². The highest BCUT2D eigenvalue weighted by Crippen LogP contribution is 2.39. The summed E-state index contributed by atoms with van der Waals surface area (Å²) in [4.78, 5) is 29.4. The van der Waals surface area contributed by atoms with E-state index in [2.05, 4.69) is 5.32 Å². The van der Waals surface area contributed by atoms with Crippen LogP contribution in [0.15, 0.2) is 36.4 Å². The van der Waals surface area contributed by atoms with E-state index >= 15 is 0 Å². The number of hydrogen-bond acceptors (Lipinski definition) is 7. The molecule has 0 radical (unpaired) electrons. The molecular formula is C27H37N3O6. The number of benzene rings is 2. The number of carbonyl (C=O) groups is 2. The first-order chi connectivity index (χ1) is 17.4. The van der Waals surface area contributed by atoms with Crippen molar-refractivity contribution in [2.45, 2.75) is 32.7 Å². The van der Waals surface area contributed by atoms with E-state index in [-0.39, 0.29) is 30.9 Å². The highest BCUT2D eigenvalue weighted by molar-refractivity contribution is 5.93. The molecule has 1 aliphatic rings. The molecule has 0 spiro atoms. The summed E-state index contributed by atoms with van der Waals surface area (Å²) >= 11 is 0. The molecule has 196 valence electrons. The van der Waals surface area contributed by atoms with Crippen molar-refractivity contribution in [3.8, 4) is 23.0 Å². The number of rotatable bonds is 12. The number of methoxy groups -OCH3 is 2. The highest BCUT2D eigenvalue weighted by atomic mass is 16.5. The van der Waals surface area contributed by atoms with Crippen molar-refractivity contribution in [3.05, 3.63) is 42.0 Å². The van der Waals surface area contributed by atoms with Crippen LogP contribution < -0.4 is 24.3 Å². The van der Waals surface area contributed by atoms with Gasteiger partial charge in [-0.05, 0) is 64.1 Å². The van der Waals surface area contributed by atoms with E-state index in [0.717, 1.165) is 29.9 Å². The fraction of sp³-hybridized carbons (Fsp3) is 0.481. The van der Waals surface area contributed by atoms with E-state index in [1.165, 1.54) is 0 Å². The maximum atomic E-state index is 13.2. The molecule has 36 heavy (non-hydrogen) atoms. The van der Waals surface area contributed by atoms with E-state index in [4.69, 9.17) is 18.9 Å². The smallest absolute Gasteiger partial charge is 0.238 e. The topological polar surface area (TPSA) is 89.6 Å². The molecule has 1 saturated heterocycles. The minimum atomic E-state index is -0.218. The van der Waals surface area contributed by atoms with Gasteiger partial charge in [-0.2, -0.15) is 0 Å². The molecule has 1 unspecified atom stereocenters. The van der Waals surface area contributed by atoms with E-state index in [1.807, 2.05) is 36.9 Å². The molecule has 1 N–H and O–H groups in total. The summed E-state index contributed by atoms with van der Waals surface area (Å²) in [6, 6.07) is 10.8. The molecule has 9 heteroatoms. The average Bonchev–Trinajstić information content (AvgIpc) is 3.35. The minimum absolute atomic E-state index is 0.0302. The first-order valence-corrected chi connectivity index (χ1v) is 12.3. The second-order valence-corrected chi connectivity index (χ2v) is 8.60. The molecule has 9 nitrogen and oxygen atoms in total. The van der Waals surface area contributed by atoms with Crippen molar-refractivity contribution in [1.82, 2.24) is 9.80 Å². The summed E-state index contributed by atoms with van der Waals surface area (Å²) in [5.41, 5.74) is 1.54. The summed E-state index contributed by atoms with van der Waals surface area (Å²) in [5, 5.41) is 2.87. The van der Waals surface area contributed by atoms with Crippen molar-refractivity contribution in [3.63, 3.8) is 0 Å². The predicted molar refractivity (Wildman–Crippen MR) is 138 cm³/mol. The van der Waals surface area contributed by atoms with Gasteiger partial charge in [-0.3, -0.25) is 14.5 Å². The SMILES string of the molecule is CCOc1ccc(NC(=O)CN(C)CC(=O)N2CCCC2c2cc(OC)ccc2OC)cc1OCC. The Hall–Kier alpha value is -3.46. The number of nitrogens with one attached hydrogen (secondary N) is 1. The molecule has 0 bridgehead atoms. The van der Waals surface area contributed by atoms with E-state index in [0.29, 0.717) is 36.9 Å². The molecule has 1 atom stereocenters. The Morgan fingerprint density at radius 3 is 2.39 bits per heavy atom. The standard InChI is InChI=1S/C27H37N3O6/c1-6-35-24-12-10-19(15-25(24)36-7-2)28-26(31)17-29(3)18-27(32)30-14-8-9-22(30)21-16-20(33-4)11-13-23(21)34-5/h10-13,15-16,22H,6-9,14,17-18H2,1-5H3,(H,28,31). The zero-order chi connectivity index (χ0) is 26.1. The Bertz CT molecular complexity index is 1040. The van der Waals surface area contributed by atoms with Gasteiger partial charge in [0.25, 0.3) is 0 Å². The second-order valence-electron chi connectivity index (χ2n) is 8.60. The largest absolute Gasteiger partial charge is 0.497 e. The number of hydrogen-bond donors (Lipinski definition) is 1.